The fourth-order valence-corrected chi connectivity index (χ4v) is 6.67. The van der Waals surface area contributed by atoms with Crippen molar-refractivity contribution >= 4 is 5.91 Å². The lowest BCUT2D eigenvalue weighted by Crippen LogP contribution is -2.55. The Hall–Kier alpha value is -1.50. The molecule has 2 heterocycles. The van der Waals surface area contributed by atoms with E-state index in [1.54, 1.807) is 12.4 Å². The number of aliphatic hydroxyl groups is 1. The van der Waals surface area contributed by atoms with Crippen molar-refractivity contribution in [2.75, 3.05) is 6.54 Å². The number of carbonyl (C=O) groups excluding carboxylic acids is 1. The summed E-state index contributed by atoms with van der Waals surface area (Å²) < 4.78 is 0. The van der Waals surface area contributed by atoms with Crippen LogP contribution in [0, 0.1) is 23.2 Å². The largest absolute Gasteiger partial charge is 0.391 e. The van der Waals surface area contributed by atoms with Crippen LogP contribution in [-0.2, 0) is 4.79 Å². The van der Waals surface area contributed by atoms with Crippen LogP contribution in [0.3, 0.4) is 0 Å². The molecule has 5 aliphatic rings. The van der Waals surface area contributed by atoms with Crippen LogP contribution in [0.2, 0.25) is 0 Å². The van der Waals surface area contributed by atoms with E-state index < -0.39 is 6.10 Å². The summed E-state index contributed by atoms with van der Waals surface area (Å²) in [6.45, 7) is 0.378. The first-order valence-corrected chi connectivity index (χ1v) is 10.5. The number of hydrogen-bond donors (Lipinski definition) is 4. The molecule has 3 atom stereocenters. The number of hydrazine groups is 1. The Morgan fingerprint density at radius 1 is 1.11 bits per heavy atom. The average Bonchev–Trinajstić information content (AvgIpc) is 3.16. The Morgan fingerprint density at radius 2 is 1.74 bits per heavy atom. The zero-order chi connectivity index (χ0) is 18.4. The van der Waals surface area contributed by atoms with E-state index in [1.165, 1.54) is 19.3 Å². The van der Waals surface area contributed by atoms with E-state index in [0.29, 0.717) is 13.0 Å². The molecular formula is C21H30N4O2. The topological polar surface area (TPSA) is 86.3 Å². The molecule has 3 unspecified atom stereocenters. The van der Waals surface area contributed by atoms with E-state index in [9.17, 15) is 9.90 Å². The lowest BCUT2D eigenvalue weighted by molar-refractivity contribution is -0.130. The van der Waals surface area contributed by atoms with Crippen molar-refractivity contribution in [1.29, 1.82) is 0 Å². The summed E-state index contributed by atoms with van der Waals surface area (Å²) in [5, 5.41) is 14.0. The van der Waals surface area contributed by atoms with Crippen molar-refractivity contribution in [1.82, 2.24) is 21.2 Å². The Labute approximate surface area is 160 Å². The van der Waals surface area contributed by atoms with Gasteiger partial charge in [-0.25, -0.2) is 10.9 Å². The molecule has 1 aliphatic heterocycles. The molecule has 4 N–H and O–H groups in total. The van der Waals surface area contributed by atoms with E-state index in [4.69, 9.17) is 0 Å². The number of nitrogens with zero attached hydrogens (tertiary/aromatic N) is 1. The van der Waals surface area contributed by atoms with Gasteiger partial charge in [-0.2, -0.15) is 0 Å². The summed E-state index contributed by atoms with van der Waals surface area (Å²) in [6.07, 6.45) is 11.4. The van der Waals surface area contributed by atoms with Gasteiger partial charge in [0.05, 0.1) is 6.10 Å². The van der Waals surface area contributed by atoms with E-state index >= 15 is 0 Å². The lowest BCUT2D eigenvalue weighted by atomic mass is 9.48. The Balaban J connectivity index is 1.16. The first-order valence-electron chi connectivity index (χ1n) is 10.5. The molecule has 0 aromatic carbocycles. The van der Waals surface area contributed by atoms with Gasteiger partial charge in [0, 0.05) is 25.0 Å². The summed E-state index contributed by atoms with van der Waals surface area (Å²) in [4.78, 5) is 16.7. The molecule has 4 bridgehead atoms. The third kappa shape index (κ3) is 3.28. The highest BCUT2D eigenvalue weighted by Crippen LogP contribution is 2.61. The predicted octanol–water partition coefficient (Wildman–Crippen LogP) is 1.68. The van der Waals surface area contributed by atoms with Crippen LogP contribution in [-0.4, -0.2) is 34.7 Å². The highest BCUT2D eigenvalue weighted by molar-refractivity contribution is 5.82. The minimum Gasteiger partial charge on any atom is -0.391 e. The summed E-state index contributed by atoms with van der Waals surface area (Å²) in [5.41, 5.74) is 7.48. The van der Waals surface area contributed by atoms with Crippen LogP contribution in [0.1, 0.15) is 56.6 Å². The molecule has 5 fully saturated rings. The van der Waals surface area contributed by atoms with Gasteiger partial charge in [-0.15, -0.1) is 0 Å². The molecular weight excluding hydrogens is 340 g/mol. The van der Waals surface area contributed by atoms with Crippen LogP contribution in [0.4, 0.5) is 0 Å². The first kappa shape index (κ1) is 17.6. The number of nitrogens with one attached hydrogen (secondary N) is 3. The number of hydrogen-bond acceptors (Lipinski definition) is 5. The quantitative estimate of drug-likeness (QED) is 0.634. The molecule has 1 aromatic heterocycles. The third-order valence-corrected chi connectivity index (χ3v) is 7.59. The van der Waals surface area contributed by atoms with Crippen molar-refractivity contribution in [3.8, 4) is 0 Å². The summed E-state index contributed by atoms with van der Waals surface area (Å²) in [6, 6.07) is 3.77. The summed E-state index contributed by atoms with van der Waals surface area (Å²) >= 11 is 0. The molecule has 1 amide bonds. The maximum Gasteiger partial charge on any atom is 0.238 e. The van der Waals surface area contributed by atoms with Crippen molar-refractivity contribution in [3.05, 3.63) is 30.1 Å². The Bertz CT molecular complexity index is 659. The number of pyridine rings is 1. The van der Waals surface area contributed by atoms with Crippen molar-refractivity contribution in [2.24, 2.45) is 23.2 Å². The second kappa shape index (κ2) is 6.83. The number of aromatic nitrogens is 1. The SMILES string of the molecule is O=C(NCC(O)C12CC3CC(CC(C3)C1)C2)C1CC(c2ccncc2)NN1. The fourth-order valence-electron chi connectivity index (χ4n) is 6.67. The van der Waals surface area contributed by atoms with Gasteiger partial charge in [0.1, 0.15) is 6.04 Å². The molecule has 0 spiro atoms. The molecule has 4 aliphatic carbocycles. The maximum atomic E-state index is 12.6. The van der Waals surface area contributed by atoms with Gasteiger partial charge in [0.25, 0.3) is 0 Å². The number of rotatable bonds is 5. The fraction of sp³-hybridized carbons (Fsp3) is 0.714. The lowest BCUT2D eigenvalue weighted by Gasteiger charge is -2.58. The van der Waals surface area contributed by atoms with Gasteiger partial charge < -0.3 is 10.4 Å². The second-order valence-electron chi connectivity index (χ2n) is 9.45. The van der Waals surface area contributed by atoms with Crippen molar-refractivity contribution in [3.63, 3.8) is 0 Å². The molecule has 146 valence electrons. The van der Waals surface area contributed by atoms with Crippen molar-refractivity contribution in [2.45, 2.75) is 63.1 Å². The van der Waals surface area contributed by atoms with E-state index in [0.717, 1.165) is 42.6 Å². The van der Waals surface area contributed by atoms with Crippen LogP contribution in [0.5, 0.6) is 0 Å². The molecule has 1 saturated heterocycles. The highest BCUT2D eigenvalue weighted by atomic mass is 16.3. The molecule has 6 heteroatoms. The summed E-state index contributed by atoms with van der Waals surface area (Å²) in [7, 11) is 0. The normalized spacial score (nSPS) is 40.9. The molecule has 0 radical (unpaired) electrons. The Kier molecular flexibility index (Phi) is 4.45. The van der Waals surface area contributed by atoms with Gasteiger partial charge in [-0.1, -0.05) is 0 Å². The van der Waals surface area contributed by atoms with Gasteiger partial charge in [0.2, 0.25) is 5.91 Å². The standard InChI is InChI=1S/C21H30N4O2/c26-19(21-9-13-5-14(10-21)7-15(6-13)11-21)12-23-20(27)18-8-17(24-25-18)16-1-3-22-4-2-16/h1-4,13-15,17-19,24-26H,5-12H2,(H,23,27). The van der Waals surface area contributed by atoms with Crippen LogP contribution in [0.25, 0.3) is 0 Å². The van der Waals surface area contributed by atoms with Gasteiger partial charge in [-0.05, 0) is 85.8 Å². The number of aliphatic hydroxyl groups excluding tert-OH is 1. The molecule has 1 aromatic rings. The number of amides is 1. The van der Waals surface area contributed by atoms with Gasteiger partial charge in [0.15, 0.2) is 0 Å². The van der Waals surface area contributed by atoms with Gasteiger partial charge in [-0.3, -0.25) is 9.78 Å². The molecule has 6 nitrogen and oxygen atoms in total. The average molecular weight is 370 g/mol. The molecule has 6 rings (SSSR count). The second-order valence-corrected chi connectivity index (χ2v) is 9.45. The number of carbonyl (C=O) groups is 1. The van der Waals surface area contributed by atoms with Crippen LogP contribution >= 0.6 is 0 Å². The van der Waals surface area contributed by atoms with Crippen LogP contribution < -0.4 is 16.2 Å². The zero-order valence-electron chi connectivity index (χ0n) is 15.7. The third-order valence-electron chi connectivity index (χ3n) is 7.59. The predicted molar refractivity (Wildman–Crippen MR) is 101 cm³/mol. The monoisotopic (exact) mass is 370 g/mol. The zero-order valence-corrected chi connectivity index (χ0v) is 15.7. The maximum absolute atomic E-state index is 12.6. The first-order chi connectivity index (χ1) is 13.1. The Morgan fingerprint density at radius 3 is 2.37 bits per heavy atom. The minimum absolute atomic E-state index is 0.0252. The minimum atomic E-state index is -0.416. The molecule has 27 heavy (non-hydrogen) atoms. The van der Waals surface area contributed by atoms with Gasteiger partial charge >= 0.3 is 0 Å². The highest BCUT2D eigenvalue weighted by Gasteiger charge is 2.53. The smallest absolute Gasteiger partial charge is 0.238 e. The van der Waals surface area contributed by atoms with E-state index in [1.807, 2.05) is 12.1 Å². The molecule has 4 saturated carbocycles. The van der Waals surface area contributed by atoms with E-state index in [2.05, 4.69) is 21.2 Å². The van der Waals surface area contributed by atoms with E-state index in [-0.39, 0.29) is 23.4 Å². The summed E-state index contributed by atoms with van der Waals surface area (Å²) in [5.74, 6) is 2.40. The van der Waals surface area contributed by atoms with Crippen molar-refractivity contribution < 1.29 is 9.90 Å². The van der Waals surface area contributed by atoms with Crippen LogP contribution in [0.15, 0.2) is 24.5 Å².